The molecule has 5 rings (SSSR count). The highest BCUT2D eigenvalue weighted by molar-refractivity contribution is 5.52. The number of hydrogen-bond donors (Lipinski definition) is 0. The van der Waals surface area contributed by atoms with E-state index in [1.54, 1.807) is 18.6 Å². The summed E-state index contributed by atoms with van der Waals surface area (Å²) >= 11 is 0. The Morgan fingerprint density at radius 1 is 0.917 bits per heavy atom. The van der Waals surface area contributed by atoms with Gasteiger partial charge in [-0.25, -0.2) is 19.3 Å². The van der Waals surface area contributed by atoms with Gasteiger partial charge in [0.15, 0.2) is 11.6 Å². The molecule has 2 saturated heterocycles. The van der Waals surface area contributed by atoms with Gasteiger partial charge >= 0.3 is 0 Å². The number of aromatic nitrogens is 3. The van der Waals surface area contributed by atoms with Gasteiger partial charge in [0.1, 0.15) is 12.1 Å². The Morgan fingerprint density at radius 3 is 2.42 bits per heavy atom. The van der Waals surface area contributed by atoms with E-state index in [2.05, 4.69) is 24.8 Å². The fourth-order valence-corrected chi connectivity index (χ4v) is 4.56. The number of aryl methyl sites for hydroxylation is 1. The monoisotopic (exact) mass is 325 g/mol. The zero-order chi connectivity index (χ0) is 16.1. The predicted molar refractivity (Wildman–Crippen MR) is 89.7 cm³/mol. The summed E-state index contributed by atoms with van der Waals surface area (Å²) < 4.78 is 14.0. The molecule has 1 aliphatic carbocycles. The van der Waals surface area contributed by atoms with Gasteiger partial charge in [-0.3, -0.25) is 0 Å². The molecule has 0 bridgehead atoms. The van der Waals surface area contributed by atoms with Crippen LogP contribution in [-0.4, -0.2) is 41.1 Å². The Labute approximate surface area is 140 Å². The van der Waals surface area contributed by atoms with Gasteiger partial charge in [0.05, 0.1) is 0 Å². The normalized spacial score (nSPS) is 25.2. The van der Waals surface area contributed by atoms with Crippen molar-refractivity contribution in [3.63, 3.8) is 0 Å². The van der Waals surface area contributed by atoms with Crippen molar-refractivity contribution in [2.45, 2.75) is 19.3 Å². The molecule has 2 unspecified atom stereocenters. The predicted octanol–water partition coefficient (Wildman–Crippen LogP) is 2.07. The zero-order valence-electron chi connectivity index (χ0n) is 13.5. The van der Waals surface area contributed by atoms with E-state index in [1.807, 2.05) is 0 Å². The SMILES string of the molecule is Fc1cccnc1N1CC2CN(c3ncnc4c3CCC4)CC2C1. The molecular weight excluding hydrogens is 305 g/mol. The van der Waals surface area contributed by atoms with Crippen molar-refractivity contribution < 1.29 is 4.39 Å². The second kappa shape index (κ2) is 5.40. The van der Waals surface area contributed by atoms with Crippen LogP contribution in [-0.2, 0) is 12.8 Å². The zero-order valence-corrected chi connectivity index (χ0v) is 13.5. The van der Waals surface area contributed by atoms with E-state index in [4.69, 9.17) is 0 Å². The molecule has 2 aromatic rings. The molecule has 5 nitrogen and oxygen atoms in total. The number of halogens is 1. The van der Waals surface area contributed by atoms with Crippen LogP contribution in [0.1, 0.15) is 17.7 Å². The molecule has 0 N–H and O–H groups in total. The van der Waals surface area contributed by atoms with Crippen LogP contribution in [0.5, 0.6) is 0 Å². The molecule has 0 amide bonds. The molecule has 0 spiro atoms. The second-order valence-corrected chi connectivity index (χ2v) is 7.12. The summed E-state index contributed by atoms with van der Waals surface area (Å²) in [7, 11) is 0. The van der Waals surface area contributed by atoms with Gasteiger partial charge in [0.25, 0.3) is 0 Å². The van der Waals surface area contributed by atoms with Gasteiger partial charge in [-0.2, -0.15) is 0 Å². The third-order valence-corrected chi connectivity index (χ3v) is 5.68. The Morgan fingerprint density at radius 2 is 1.67 bits per heavy atom. The van der Waals surface area contributed by atoms with Gasteiger partial charge in [-0.15, -0.1) is 0 Å². The molecule has 2 aliphatic heterocycles. The first-order valence-corrected chi connectivity index (χ1v) is 8.73. The highest BCUT2D eigenvalue weighted by atomic mass is 19.1. The van der Waals surface area contributed by atoms with Crippen LogP contribution in [0.3, 0.4) is 0 Å². The number of hydrogen-bond acceptors (Lipinski definition) is 5. The van der Waals surface area contributed by atoms with Crippen molar-refractivity contribution in [1.82, 2.24) is 15.0 Å². The number of pyridine rings is 1. The van der Waals surface area contributed by atoms with Crippen molar-refractivity contribution in [2.24, 2.45) is 11.8 Å². The van der Waals surface area contributed by atoms with E-state index >= 15 is 0 Å². The lowest BCUT2D eigenvalue weighted by atomic mass is 10.0. The average Bonchev–Trinajstić information content (AvgIpc) is 3.28. The Kier molecular flexibility index (Phi) is 3.18. The highest BCUT2D eigenvalue weighted by Gasteiger charge is 2.42. The molecule has 124 valence electrons. The van der Waals surface area contributed by atoms with Crippen LogP contribution in [0.15, 0.2) is 24.7 Å². The lowest BCUT2D eigenvalue weighted by Gasteiger charge is -2.24. The Hall–Kier alpha value is -2.24. The quantitative estimate of drug-likeness (QED) is 0.846. The van der Waals surface area contributed by atoms with Crippen molar-refractivity contribution in [3.05, 3.63) is 41.7 Å². The number of anilines is 2. The summed E-state index contributed by atoms with van der Waals surface area (Å²) in [6.45, 7) is 3.75. The summed E-state index contributed by atoms with van der Waals surface area (Å²) in [6.07, 6.45) is 6.75. The van der Waals surface area contributed by atoms with E-state index < -0.39 is 0 Å². The smallest absolute Gasteiger partial charge is 0.165 e. The van der Waals surface area contributed by atoms with Crippen LogP contribution in [0.25, 0.3) is 0 Å². The summed E-state index contributed by atoms with van der Waals surface area (Å²) in [4.78, 5) is 17.8. The van der Waals surface area contributed by atoms with Gasteiger partial charge in [0, 0.05) is 55.5 Å². The van der Waals surface area contributed by atoms with Crippen LogP contribution in [0.2, 0.25) is 0 Å². The molecule has 2 fully saturated rings. The first-order valence-electron chi connectivity index (χ1n) is 8.73. The summed E-state index contributed by atoms with van der Waals surface area (Å²) in [5.74, 6) is 2.53. The van der Waals surface area contributed by atoms with E-state index in [9.17, 15) is 4.39 Å². The molecular formula is C18H20FN5. The van der Waals surface area contributed by atoms with Crippen molar-refractivity contribution in [2.75, 3.05) is 36.0 Å². The van der Waals surface area contributed by atoms with Gasteiger partial charge in [-0.05, 0) is 31.4 Å². The maximum Gasteiger partial charge on any atom is 0.165 e. The van der Waals surface area contributed by atoms with Crippen LogP contribution >= 0.6 is 0 Å². The van der Waals surface area contributed by atoms with E-state index in [1.165, 1.54) is 23.7 Å². The van der Waals surface area contributed by atoms with Gasteiger partial charge in [-0.1, -0.05) is 0 Å². The fraction of sp³-hybridized carbons (Fsp3) is 0.500. The third kappa shape index (κ3) is 2.16. The lowest BCUT2D eigenvalue weighted by molar-refractivity contribution is 0.533. The molecule has 2 atom stereocenters. The Bertz CT molecular complexity index is 766. The van der Waals surface area contributed by atoms with Crippen LogP contribution < -0.4 is 9.80 Å². The van der Waals surface area contributed by atoms with Gasteiger partial charge < -0.3 is 9.80 Å². The minimum absolute atomic E-state index is 0.219. The minimum atomic E-state index is -0.219. The maximum absolute atomic E-state index is 14.0. The first-order chi connectivity index (χ1) is 11.8. The van der Waals surface area contributed by atoms with Gasteiger partial charge in [0.2, 0.25) is 0 Å². The van der Waals surface area contributed by atoms with E-state index in [0.29, 0.717) is 17.7 Å². The largest absolute Gasteiger partial charge is 0.356 e. The molecule has 0 saturated carbocycles. The van der Waals surface area contributed by atoms with Crippen molar-refractivity contribution >= 4 is 11.6 Å². The molecule has 0 radical (unpaired) electrons. The summed E-state index contributed by atoms with van der Waals surface area (Å²) in [6, 6.07) is 3.14. The van der Waals surface area contributed by atoms with Crippen LogP contribution in [0.4, 0.5) is 16.0 Å². The molecule has 6 heteroatoms. The molecule has 3 aliphatic rings. The summed E-state index contributed by atoms with van der Waals surface area (Å²) in [5.41, 5.74) is 2.58. The number of nitrogens with zero attached hydrogens (tertiary/aromatic N) is 5. The molecule has 0 aromatic carbocycles. The minimum Gasteiger partial charge on any atom is -0.356 e. The van der Waals surface area contributed by atoms with E-state index in [0.717, 1.165) is 44.8 Å². The average molecular weight is 325 g/mol. The highest BCUT2D eigenvalue weighted by Crippen LogP contribution is 2.38. The fourth-order valence-electron chi connectivity index (χ4n) is 4.56. The maximum atomic E-state index is 14.0. The number of fused-ring (bicyclic) bond motifs is 2. The van der Waals surface area contributed by atoms with Crippen molar-refractivity contribution in [3.8, 4) is 0 Å². The topological polar surface area (TPSA) is 45.2 Å². The van der Waals surface area contributed by atoms with E-state index in [-0.39, 0.29) is 5.82 Å². The molecule has 4 heterocycles. The number of rotatable bonds is 2. The third-order valence-electron chi connectivity index (χ3n) is 5.68. The standard InChI is InChI=1S/C18H20FN5/c19-15-4-2-6-20-18(15)24-9-12-7-23(8-13(12)10-24)17-14-3-1-5-16(14)21-11-22-17/h2,4,6,11-13H,1,3,5,7-10H2. The van der Waals surface area contributed by atoms with Crippen LogP contribution in [0, 0.1) is 17.7 Å². The van der Waals surface area contributed by atoms with Crippen molar-refractivity contribution in [1.29, 1.82) is 0 Å². The second-order valence-electron chi connectivity index (χ2n) is 7.12. The summed E-state index contributed by atoms with van der Waals surface area (Å²) in [5, 5.41) is 0. The first kappa shape index (κ1) is 14.1. The molecule has 2 aromatic heterocycles. The Balaban J connectivity index is 1.34. The lowest BCUT2D eigenvalue weighted by Crippen LogP contribution is -2.30. The molecule has 24 heavy (non-hydrogen) atoms.